The fraction of sp³-hybridized carbons (Fsp3) is 0.316. The lowest BCUT2D eigenvalue weighted by Gasteiger charge is -2.30. The van der Waals surface area contributed by atoms with Crippen molar-refractivity contribution in [3.05, 3.63) is 58.9 Å². The lowest BCUT2D eigenvalue weighted by atomic mass is 10.1. The molecule has 8 nitrogen and oxygen atoms in total. The minimum atomic E-state index is -3.98. The second-order valence-corrected chi connectivity index (χ2v) is 11.2. The highest BCUT2D eigenvalue weighted by Crippen LogP contribution is 2.22. The lowest BCUT2D eigenvalue weighted by molar-refractivity contribution is 0.0924. The molecule has 1 amide bonds. The molecule has 0 saturated carbocycles. The van der Waals surface area contributed by atoms with Crippen molar-refractivity contribution in [2.45, 2.75) is 23.8 Å². The van der Waals surface area contributed by atoms with Gasteiger partial charge in [-0.25, -0.2) is 25.5 Å². The molecule has 0 aromatic heterocycles. The van der Waals surface area contributed by atoms with E-state index >= 15 is 0 Å². The molecule has 0 radical (unpaired) electrons. The fourth-order valence-corrected chi connectivity index (χ4v) is 5.35. The quantitative estimate of drug-likeness (QED) is 0.647. The molecule has 0 bridgehead atoms. The lowest BCUT2D eigenvalue weighted by Crippen LogP contribution is -2.46. The van der Waals surface area contributed by atoms with Gasteiger partial charge in [0.05, 0.1) is 16.2 Å². The van der Waals surface area contributed by atoms with E-state index in [9.17, 15) is 26.0 Å². The molecule has 1 fully saturated rings. The van der Waals surface area contributed by atoms with Crippen molar-refractivity contribution in [1.82, 2.24) is 9.62 Å². The van der Waals surface area contributed by atoms with Gasteiger partial charge in [0.15, 0.2) is 0 Å². The van der Waals surface area contributed by atoms with E-state index in [0.29, 0.717) is 31.5 Å². The van der Waals surface area contributed by atoms with Gasteiger partial charge in [-0.1, -0.05) is 11.6 Å². The summed E-state index contributed by atoms with van der Waals surface area (Å²) in [4.78, 5) is 12.3. The van der Waals surface area contributed by atoms with Crippen molar-refractivity contribution < 1.29 is 26.0 Å². The summed E-state index contributed by atoms with van der Waals surface area (Å²) in [7, 11) is -7.22. The number of amides is 1. The number of hydrogen-bond acceptors (Lipinski definition) is 5. The molecule has 2 N–H and O–H groups in total. The van der Waals surface area contributed by atoms with Crippen LogP contribution >= 0.6 is 11.6 Å². The molecule has 1 heterocycles. The molecule has 0 atom stereocenters. The van der Waals surface area contributed by atoms with E-state index in [4.69, 9.17) is 11.6 Å². The predicted octanol–water partition coefficient (Wildman–Crippen LogP) is 2.43. The monoisotopic (exact) mass is 489 g/mol. The van der Waals surface area contributed by atoms with Crippen molar-refractivity contribution in [3.8, 4) is 0 Å². The Morgan fingerprint density at radius 3 is 2.23 bits per heavy atom. The Morgan fingerprint density at radius 2 is 1.68 bits per heavy atom. The van der Waals surface area contributed by atoms with Gasteiger partial charge in [-0.3, -0.25) is 9.52 Å². The highest BCUT2D eigenvalue weighted by molar-refractivity contribution is 7.92. The number of carbonyl (C=O) groups is 1. The van der Waals surface area contributed by atoms with E-state index in [1.165, 1.54) is 28.6 Å². The van der Waals surface area contributed by atoms with Crippen LogP contribution in [0, 0.1) is 5.82 Å². The van der Waals surface area contributed by atoms with E-state index in [0.717, 1.165) is 24.5 Å². The summed E-state index contributed by atoms with van der Waals surface area (Å²) in [5, 5.41) is 2.55. The zero-order valence-electron chi connectivity index (χ0n) is 16.5. The third kappa shape index (κ3) is 5.94. The Bertz CT molecular complexity index is 1180. The molecule has 0 aliphatic carbocycles. The maximum atomic E-state index is 13.3. The second kappa shape index (κ2) is 9.11. The van der Waals surface area contributed by atoms with Crippen molar-refractivity contribution in [1.29, 1.82) is 0 Å². The summed E-state index contributed by atoms with van der Waals surface area (Å²) < 4.78 is 64.9. The molecule has 168 valence electrons. The molecule has 2 aromatic carbocycles. The summed E-state index contributed by atoms with van der Waals surface area (Å²) in [6.07, 6.45) is 2.18. The number of piperidine rings is 1. The smallest absolute Gasteiger partial charge is 0.261 e. The summed E-state index contributed by atoms with van der Waals surface area (Å²) >= 11 is 5.64. The van der Waals surface area contributed by atoms with Crippen LogP contribution in [0.25, 0.3) is 0 Å². The van der Waals surface area contributed by atoms with Crippen LogP contribution < -0.4 is 10.0 Å². The Labute approximate surface area is 185 Å². The van der Waals surface area contributed by atoms with Gasteiger partial charge in [-0.2, -0.15) is 0 Å². The van der Waals surface area contributed by atoms with Crippen molar-refractivity contribution in [3.63, 3.8) is 0 Å². The number of halogens is 2. The predicted molar refractivity (Wildman–Crippen MR) is 116 cm³/mol. The fourth-order valence-electron chi connectivity index (χ4n) is 3.15. The first-order chi connectivity index (χ1) is 14.5. The van der Waals surface area contributed by atoms with E-state index < -0.39 is 25.9 Å². The average molecular weight is 490 g/mol. The van der Waals surface area contributed by atoms with Crippen LogP contribution in [0.3, 0.4) is 0 Å². The van der Waals surface area contributed by atoms with E-state index in [-0.39, 0.29) is 27.6 Å². The normalized spacial score (nSPS) is 16.1. The summed E-state index contributed by atoms with van der Waals surface area (Å²) in [5.41, 5.74) is 0.553. The maximum absolute atomic E-state index is 13.3. The Morgan fingerprint density at radius 1 is 1.06 bits per heavy atom. The minimum Gasteiger partial charge on any atom is -0.349 e. The third-order valence-corrected chi connectivity index (χ3v) is 7.83. The number of rotatable bonds is 6. The topological polar surface area (TPSA) is 113 Å². The molecule has 1 aliphatic rings. The van der Waals surface area contributed by atoms with Crippen LogP contribution in [-0.4, -0.2) is 52.4 Å². The largest absolute Gasteiger partial charge is 0.349 e. The summed E-state index contributed by atoms with van der Waals surface area (Å²) in [6, 6.07) is 8.73. The van der Waals surface area contributed by atoms with Crippen molar-refractivity contribution in [2.75, 3.05) is 24.1 Å². The summed E-state index contributed by atoms with van der Waals surface area (Å²) in [6.45, 7) is 0.690. The van der Waals surface area contributed by atoms with Crippen LogP contribution in [0.4, 0.5) is 10.1 Å². The van der Waals surface area contributed by atoms with E-state index in [1.807, 2.05) is 0 Å². The molecule has 12 heteroatoms. The van der Waals surface area contributed by atoms with Gasteiger partial charge in [0.25, 0.3) is 15.9 Å². The first-order valence-electron chi connectivity index (χ1n) is 9.29. The van der Waals surface area contributed by atoms with Crippen LogP contribution in [-0.2, 0) is 20.0 Å². The standard InChI is InChI=1S/C19H21ClFN3O5S2/c1-30(26,27)24-10-8-14(9-11-24)22-19(25)13-2-4-15(5-3-13)23-31(28,29)16-6-7-18(21)17(20)12-16/h2-7,12,14,23H,8-11H2,1H3,(H,22,25). The van der Waals surface area contributed by atoms with Gasteiger partial charge in [-0.05, 0) is 55.3 Å². The highest BCUT2D eigenvalue weighted by atomic mass is 35.5. The number of carbonyl (C=O) groups excluding carboxylic acids is 1. The van der Waals surface area contributed by atoms with E-state index in [1.54, 1.807) is 0 Å². The highest BCUT2D eigenvalue weighted by Gasteiger charge is 2.26. The molecule has 0 unspecified atom stereocenters. The van der Waals surface area contributed by atoms with Crippen LogP contribution in [0.15, 0.2) is 47.4 Å². The van der Waals surface area contributed by atoms with Gasteiger partial charge in [0, 0.05) is 30.4 Å². The van der Waals surface area contributed by atoms with Gasteiger partial charge in [-0.15, -0.1) is 0 Å². The number of hydrogen-bond donors (Lipinski definition) is 2. The first kappa shape index (κ1) is 23.5. The molecule has 1 saturated heterocycles. The molecule has 1 aliphatic heterocycles. The number of benzene rings is 2. The molecular weight excluding hydrogens is 469 g/mol. The number of anilines is 1. The molecule has 0 spiro atoms. The number of nitrogens with zero attached hydrogens (tertiary/aromatic N) is 1. The Balaban J connectivity index is 1.61. The Hall–Kier alpha value is -2.21. The average Bonchev–Trinajstić information content (AvgIpc) is 2.70. The Kier molecular flexibility index (Phi) is 6.89. The van der Waals surface area contributed by atoms with Crippen molar-refractivity contribution >= 4 is 43.2 Å². The number of nitrogens with one attached hydrogen (secondary N) is 2. The summed E-state index contributed by atoms with van der Waals surface area (Å²) in [5.74, 6) is -1.06. The van der Waals surface area contributed by atoms with Gasteiger partial charge < -0.3 is 5.32 Å². The van der Waals surface area contributed by atoms with Crippen LogP contribution in [0.2, 0.25) is 5.02 Å². The zero-order valence-corrected chi connectivity index (χ0v) is 18.9. The molecular formula is C19H21ClFN3O5S2. The van der Waals surface area contributed by atoms with Gasteiger partial charge >= 0.3 is 0 Å². The zero-order chi connectivity index (χ0) is 22.8. The van der Waals surface area contributed by atoms with Gasteiger partial charge in [0.2, 0.25) is 10.0 Å². The molecule has 2 aromatic rings. The molecule has 31 heavy (non-hydrogen) atoms. The maximum Gasteiger partial charge on any atom is 0.261 e. The van der Waals surface area contributed by atoms with Crippen molar-refractivity contribution in [2.24, 2.45) is 0 Å². The van der Waals surface area contributed by atoms with Crippen LogP contribution in [0.5, 0.6) is 0 Å². The second-order valence-electron chi connectivity index (χ2n) is 7.17. The van der Waals surface area contributed by atoms with Gasteiger partial charge in [0.1, 0.15) is 5.82 Å². The third-order valence-electron chi connectivity index (χ3n) is 4.86. The van der Waals surface area contributed by atoms with Crippen LogP contribution in [0.1, 0.15) is 23.2 Å². The first-order valence-corrected chi connectivity index (χ1v) is 13.0. The molecule has 3 rings (SSSR count). The SMILES string of the molecule is CS(=O)(=O)N1CCC(NC(=O)c2ccc(NS(=O)(=O)c3ccc(F)c(Cl)c3)cc2)CC1. The van der Waals surface area contributed by atoms with E-state index in [2.05, 4.69) is 10.0 Å². The number of sulfonamides is 2. The minimum absolute atomic E-state index is 0.146.